The Hall–Kier alpha value is -6.35. The van der Waals surface area contributed by atoms with Gasteiger partial charge in [-0.1, -0.05) is 193 Å². The number of imidazole rings is 1. The maximum absolute atomic E-state index is 12.6. The first-order valence-electron chi connectivity index (χ1n) is 24.0. The minimum atomic E-state index is -2.19. The molecule has 0 bridgehead atoms. The van der Waals surface area contributed by atoms with E-state index in [2.05, 4.69) is 131 Å². The van der Waals surface area contributed by atoms with Crippen LogP contribution in [0.25, 0.3) is 83.9 Å². The Morgan fingerprint density at radius 3 is 1.95 bits per heavy atom. The molecule has 0 unspecified atom stereocenters. The van der Waals surface area contributed by atoms with Crippen LogP contribution in [-0.4, -0.2) is 19.6 Å². The zero-order valence-corrected chi connectivity index (χ0v) is 40.5. The van der Waals surface area contributed by atoms with Crippen LogP contribution in [0.2, 0.25) is 0 Å². The number of pyridine rings is 1. The molecule has 0 amide bonds. The summed E-state index contributed by atoms with van der Waals surface area (Å²) in [5.74, 6) is -0.0750. The van der Waals surface area contributed by atoms with Crippen molar-refractivity contribution in [3.8, 4) is 78.6 Å². The first kappa shape index (κ1) is 40.2. The molecule has 5 heteroatoms. The minimum absolute atomic E-state index is 0. The number of hydrogen-bond acceptors (Lipinski definition) is 3. The van der Waals surface area contributed by atoms with Crippen LogP contribution in [0, 0.1) is 12.9 Å². The van der Waals surface area contributed by atoms with E-state index in [0.29, 0.717) is 22.6 Å². The van der Waals surface area contributed by atoms with E-state index >= 15 is 0 Å². The van der Waals surface area contributed by atoms with Gasteiger partial charge in [-0.25, -0.2) is 4.98 Å². The van der Waals surface area contributed by atoms with Crippen LogP contribution in [0.5, 0.6) is 5.75 Å². The van der Waals surface area contributed by atoms with E-state index in [1.165, 1.54) is 0 Å². The second-order valence-electron chi connectivity index (χ2n) is 19.0. The van der Waals surface area contributed by atoms with Crippen LogP contribution in [0.3, 0.4) is 0 Å². The zero-order valence-electron chi connectivity index (χ0n) is 42.2. The molecule has 0 atom stereocenters. The number of fused-ring (bicyclic) bond motifs is 1. The molecule has 0 spiro atoms. The van der Waals surface area contributed by atoms with Crippen molar-refractivity contribution in [1.29, 1.82) is 0 Å². The number of hydrogen-bond donors (Lipinski definition) is 1. The number of phenolic OH excluding ortho intramolecular Hbond substituents is 1. The SMILES string of the molecule is [2H]C([2H])([2H])c1ccc(-c2ccnc(-c3[c-]c(-c4cccc5c4nc(-c4cc(C(C)(C)C)cc(C(C)(C)C)c4O)n5-c4ccc(C([2H])(C)C)cc4-c4ccccc4)cc(-c4ccccc4)c3)c2)cc1.[Pt]. The van der Waals surface area contributed by atoms with Crippen molar-refractivity contribution in [2.45, 2.75) is 79.0 Å². The number of benzene rings is 7. The largest absolute Gasteiger partial charge is 0.507 e. The molecular formula is C60H56N3OPt-. The number of rotatable bonds is 8. The van der Waals surface area contributed by atoms with Crippen LogP contribution < -0.4 is 0 Å². The van der Waals surface area contributed by atoms with E-state index in [-0.39, 0.29) is 37.6 Å². The van der Waals surface area contributed by atoms with Crippen LogP contribution in [0.1, 0.15) is 89.0 Å². The number of nitrogens with zero attached hydrogens (tertiary/aromatic N) is 3. The van der Waals surface area contributed by atoms with Gasteiger partial charge in [0.05, 0.1) is 22.3 Å². The van der Waals surface area contributed by atoms with Crippen molar-refractivity contribution < 1.29 is 31.7 Å². The first-order valence-corrected chi connectivity index (χ1v) is 22.0. The summed E-state index contributed by atoms with van der Waals surface area (Å²) >= 11 is 0. The second-order valence-corrected chi connectivity index (χ2v) is 19.0. The number of aromatic hydroxyl groups is 1. The number of phenols is 1. The van der Waals surface area contributed by atoms with Gasteiger partial charge in [-0.05, 0) is 87.3 Å². The zero-order chi connectivity index (χ0) is 48.3. The molecule has 0 aliphatic rings. The maximum atomic E-state index is 12.6. The van der Waals surface area contributed by atoms with E-state index in [1.54, 1.807) is 18.3 Å². The third-order valence-corrected chi connectivity index (χ3v) is 12.1. The first-order chi connectivity index (χ1) is 32.1. The molecule has 0 saturated heterocycles. The molecule has 0 aliphatic heterocycles. The fourth-order valence-corrected chi connectivity index (χ4v) is 8.51. The summed E-state index contributed by atoms with van der Waals surface area (Å²) in [6.45, 7) is 14.6. The van der Waals surface area contributed by atoms with Gasteiger partial charge in [-0.2, -0.15) is 0 Å². The van der Waals surface area contributed by atoms with Gasteiger partial charge in [0, 0.05) is 49.6 Å². The van der Waals surface area contributed by atoms with Crippen LogP contribution in [-0.2, 0) is 31.9 Å². The molecule has 2 heterocycles. The van der Waals surface area contributed by atoms with Crippen molar-refractivity contribution in [3.63, 3.8) is 0 Å². The molecule has 1 N–H and O–H groups in total. The van der Waals surface area contributed by atoms with Gasteiger partial charge >= 0.3 is 0 Å². The quantitative estimate of drug-likeness (QED) is 0.154. The predicted octanol–water partition coefficient (Wildman–Crippen LogP) is 16.0. The van der Waals surface area contributed by atoms with Gasteiger partial charge in [0.15, 0.2) is 0 Å². The topological polar surface area (TPSA) is 50.9 Å². The summed E-state index contributed by atoms with van der Waals surface area (Å²) < 4.78 is 34.8. The monoisotopic (exact) mass is 1030 g/mol. The summed E-state index contributed by atoms with van der Waals surface area (Å²) in [7, 11) is 0. The number of aromatic nitrogens is 3. The average molecular weight is 1030 g/mol. The minimum Gasteiger partial charge on any atom is -0.507 e. The summed E-state index contributed by atoms with van der Waals surface area (Å²) in [6, 6.07) is 56.2. The summed E-state index contributed by atoms with van der Waals surface area (Å²) in [5, 5.41) is 12.6. The summed E-state index contributed by atoms with van der Waals surface area (Å²) in [5.41, 5.74) is 14.4. The van der Waals surface area contributed by atoms with Crippen molar-refractivity contribution >= 4 is 11.0 Å². The Labute approximate surface area is 405 Å². The van der Waals surface area contributed by atoms with Gasteiger partial charge in [0.25, 0.3) is 0 Å². The van der Waals surface area contributed by atoms with Crippen LogP contribution >= 0.6 is 0 Å². The van der Waals surface area contributed by atoms with E-state index < -0.39 is 12.7 Å². The standard InChI is InChI=1S/C60H56N3O.Pt/c1-38(2)43-27-28-54(50(34-43)42-19-14-11-15-20-42)63-55-22-16-21-49(56(55)62-58(63)51-36-48(59(4,5)6)37-52(57(51)64)60(7,8)9)46-31-45(40-17-12-10-13-18-40)32-47(33-46)53-35-44(29-30-61-53)41-25-23-39(3)24-26-41;/h10-32,34-38,64H,1-9H3;/q-1;/i3D3,38D;. The Morgan fingerprint density at radius 2 is 1.29 bits per heavy atom. The van der Waals surface area contributed by atoms with Crippen LogP contribution in [0.4, 0.5) is 0 Å². The van der Waals surface area contributed by atoms with Crippen molar-refractivity contribution in [1.82, 2.24) is 14.5 Å². The second kappa shape index (κ2) is 17.9. The Kier molecular flexibility index (Phi) is 11.1. The molecule has 65 heavy (non-hydrogen) atoms. The van der Waals surface area contributed by atoms with Gasteiger partial charge in [0.1, 0.15) is 11.6 Å². The predicted molar refractivity (Wildman–Crippen MR) is 268 cm³/mol. The van der Waals surface area contributed by atoms with E-state index in [9.17, 15) is 5.11 Å². The summed E-state index contributed by atoms with van der Waals surface area (Å²) in [4.78, 5) is 10.5. The third-order valence-electron chi connectivity index (χ3n) is 12.1. The molecule has 9 aromatic rings. The fourth-order valence-electron chi connectivity index (χ4n) is 8.51. The Morgan fingerprint density at radius 1 is 0.615 bits per heavy atom. The molecule has 4 nitrogen and oxygen atoms in total. The number of aryl methyl sites for hydroxylation is 1. The molecule has 0 fully saturated rings. The van der Waals surface area contributed by atoms with E-state index in [4.69, 9.17) is 15.5 Å². The molecule has 2 aromatic heterocycles. The van der Waals surface area contributed by atoms with Gasteiger partial charge in [-0.15, -0.1) is 23.8 Å². The van der Waals surface area contributed by atoms with Crippen molar-refractivity contribution in [2.75, 3.05) is 0 Å². The average Bonchev–Trinajstić information content (AvgIpc) is 3.70. The molecule has 7 aromatic carbocycles. The molecule has 328 valence electrons. The molecule has 0 radical (unpaired) electrons. The fraction of sp³-hybridized carbons (Fsp3) is 0.200. The van der Waals surface area contributed by atoms with Gasteiger partial charge in [-0.3, -0.25) is 9.55 Å². The van der Waals surface area contributed by atoms with Gasteiger partial charge in [0.2, 0.25) is 0 Å². The normalized spacial score (nSPS) is 13.1. The van der Waals surface area contributed by atoms with E-state index in [0.717, 1.165) is 83.5 Å². The Bertz CT molecular complexity index is 3320. The molecule has 0 saturated carbocycles. The molecule has 0 aliphatic carbocycles. The van der Waals surface area contributed by atoms with Crippen molar-refractivity contribution in [3.05, 3.63) is 192 Å². The molecular weight excluding hydrogens is 974 g/mol. The maximum Gasteiger partial charge on any atom is 0.148 e. The third kappa shape index (κ3) is 9.02. The van der Waals surface area contributed by atoms with Crippen LogP contribution in [0.15, 0.2) is 164 Å². The molecule has 9 rings (SSSR count). The van der Waals surface area contributed by atoms with E-state index in [1.807, 2.05) is 80.6 Å². The summed E-state index contributed by atoms with van der Waals surface area (Å²) in [6.07, 6.45) is 1.78. The van der Waals surface area contributed by atoms with Crippen molar-refractivity contribution in [2.24, 2.45) is 0 Å². The smallest absolute Gasteiger partial charge is 0.148 e. The van der Waals surface area contributed by atoms with Gasteiger partial charge < -0.3 is 5.11 Å². The Balaban J connectivity index is 0.00000642. The number of para-hydroxylation sites is 1.